The predicted octanol–water partition coefficient (Wildman–Crippen LogP) is -3.55. The Labute approximate surface area is 123 Å². The molecular weight excluding hydrogens is 363 g/mol. The van der Waals surface area contributed by atoms with E-state index in [1.165, 1.54) is 0 Å². The summed E-state index contributed by atoms with van der Waals surface area (Å²) in [6, 6.07) is 0.569. The van der Waals surface area contributed by atoms with Gasteiger partial charge >= 0.3 is 124 Å². The Kier molecular flexibility index (Phi) is 3.72. The first kappa shape index (κ1) is 13.2. The minimum absolute atomic E-state index is 0.00870. The molecule has 4 aliphatic rings. The molecule has 4 rings (SSSR count). The van der Waals surface area contributed by atoms with E-state index in [0.29, 0.717) is 30.5 Å². The third-order valence-electron chi connectivity index (χ3n) is 4.66. The van der Waals surface area contributed by atoms with Crippen LogP contribution in [0.15, 0.2) is 0 Å². The molecule has 0 aromatic rings. The Morgan fingerprint density at radius 2 is 1.74 bits per heavy atom. The van der Waals surface area contributed by atoms with Crippen LogP contribution in [0.1, 0.15) is 38.5 Å². The third-order valence-corrected chi connectivity index (χ3v) is 6.44. The van der Waals surface area contributed by atoms with Gasteiger partial charge < -0.3 is 0 Å². The number of nitrogens with one attached hydrogen (secondary N) is 2. The molecule has 0 bridgehead atoms. The molecule has 7 atom stereocenters. The number of rotatable bonds is 5. The molecule has 2 saturated carbocycles. The van der Waals surface area contributed by atoms with E-state index in [0.717, 1.165) is 38.5 Å². The number of fused-ring (bicyclic) bond motifs is 2. The Morgan fingerprint density at radius 1 is 1.00 bits per heavy atom. The van der Waals surface area contributed by atoms with Gasteiger partial charge in [-0.3, -0.25) is 0 Å². The summed E-state index contributed by atoms with van der Waals surface area (Å²) in [4.78, 5) is 0. The summed E-state index contributed by atoms with van der Waals surface area (Å²) >= 11 is -0.665. The van der Waals surface area contributed by atoms with Gasteiger partial charge in [-0.15, -0.1) is 0 Å². The van der Waals surface area contributed by atoms with Gasteiger partial charge in [0.2, 0.25) is 0 Å². The third kappa shape index (κ3) is 3.07. The second kappa shape index (κ2) is 5.36. The standard InChI is InChI=1S/C12H20IN2O4/c16-15(8-2-4-10-12(6-8)18-10)19-13-14-7-1-3-9-11(5-7)17-9/h7-12,14-15H,1-6H2/q-1. The quantitative estimate of drug-likeness (QED) is 0.223. The van der Waals surface area contributed by atoms with Crippen molar-refractivity contribution in [2.24, 2.45) is 0 Å². The van der Waals surface area contributed by atoms with Gasteiger partial charge in [-0.1, -0.05) is 0 Å². The van der Waals surface area contributed by atoms with Crippen LogP contribution in [0.3, 0.4) is 0 Å². The first-order valence-corrected chi connectivity index (χ1v) is 9.16. The van der Waals surface area contributed by atoms with Crippen molar-refractivity contribution < 1.29 is 39.8 Å². The van der Waals surface area contributed by atoms with E-state index in [1.54, 1.807) is 0 Å². The summed E-state index contributed by atoms with van der Waals surface area (Å²) in [5.74, 6) is 0. The van der Waals surface area contributed by atoms with E-state index in [-0.39, 0.29) is 11.3 Å². The molecule has 0 aromatic heterocycles. The van der Waals surface area contributed by atoms with Crippen LogP contribution in [0.25, 0.3) is 0 Å². The van der Waals surface area contributed by atoms with Crippen molar-refractivity contribution in [2.45, 2.75) is 75.0 Å². The molecule has 0 radical (unpaired) electrons. The van der Waals surface area contributed by atoms with Gasteiger partial charge in [0.15, 0.2) is 0 Å². The molecule has 7 heteroatoms. The van der Waals surface area contributed by atoms with Gasteiger partial charge in [0.05, 0.1) is 0 Å². The Morgan fingerprint density at radius 3 is 2.47 bits per heavy atom. The zero-order chi connectivity index (χ0) is 12.8. The average molecular weight is 383 g/mol. The van der Waals surface area contributed by atoms with Crippen LogP contribution in [0.4, 0.5) is 0 Å². The molecule has 2 N–H and O–H groups in total. The number of quaternary nitrogens is 1. The number of hydrogen-bond donors (Lipinski definition) is 2. The van der Waals surface area contributed by atoms with E-state index < -0.39 is 21.9 Å². The SMILES string of the molecule is [O-][NH+](O[I-]NC1CCC2OC2C1)C1CCC2OC2C1. The first-order chi connectivity index (χ1) is 9.29. The molecule has 110 valence electrons. The molecule has 2 aliphatic heterocycles. The fourth-order valence-corrected chi connectivity index (χ4v) is 4.94. The average Bonchev–Trinajstić information content (AvgIpc) is 3.31. The molecule has 19 heavy (non-hydrogen) atoms. The van der Waals surface area contributed by atoms with Crippen molar-refractivity contribution >= 4 is 0 Å². The summed E-state index contributed by atoms with van der Waals surface area (Å²) in [7, 11) is 0. The Balaban J connectivity index is 1.15. The summed E-state index contributed by atoms with van der Waals surface area (Å²) in [6.07, 6.45) is 8.04. The second-order valence-electron chi connectivity index (χ2n) is 6.03. The fraction of sp³-hybridized carbons (Fsp3) is 1.00. The van der Waals surface area contributed by atoms with Gasteiger partial charge in [0, 0.05) is 0 Å². The molecule has 2 saturated heterocycles. The van der Waals surface area contributed by atoms with E-state index in [1.807, 2.05) is 0 Å². The van der Waals surface area contributed by atoms with Crippen LogP contribution in [-0.4, -0.2) is 36.5 Å². The fourth-order valence-electron chi connectivity index (χ4n) is 3.31. The van der Waals surface area contributed by atoms with Crippen molar-refractivity contribution in [1.82, 2.24) is 3.53 Å². The molecule has 7 unspecified atom stereocenters. The zero-order valence-electron chi connectivity index (χ0n) is 10.7. The van der Waals surface area contributed by atoms with Crippen molar-refractivity contribution in [1.29, 1.82) is 0 Å². The first-order valence-electron chi connectivity index (χ1n) is 7.20. The van der Waals surface area contributed by atoms with Crippen LogP contribution in [-0.2, 0) is 12.6 Å². The van der Waals surface area contributed by atoms with Gasteiger partial charge in [0.1, 0.15) is 0 Å². The number of hydroxylamine groups is 2. The van der Waals surface area contributed by atoms with E-state index in [2.05, 4.69) is 3.53 Å². The molecule has 2 aliphatic carbocycles. The van der Waals surface area contributed by atoms with Crippen LogP contribution < -0.4 is 30.7 Å². The van der Waals surface area contributed by atoms with Gasteiger partial charge in [0.25, 0.3) is 0 Å². The number of epoxide rings is 2. The van der Waals surface area contributed by atoms with E-state index in [4.69, 9.17) is 12.6 Å². The molecule has 4 fully saturated rings. The Bertz CT molecular complexity index is 348. The summed E-state index contributed by atoms with van der Waals surface area (Å²) < 4.78 is 19.8. The van der Waals surface area contributed by atoms with Crippen molar-refractivity contribution in [3.05, 3.63) is 5.21 Å². The monoisotopic (exact) mass is 383 g/mol. The normalized spacial score (nSPS) is 49.3. The topological polar surface area (TPSA) is 73.8 Å². The van der Waals surface area contributed by atoms with Crippen molar-refractivity contribution in [3.63, 3.8) is 0 Å². The maximum absolute atomic E-state index is 12.0. The van der Waals surface area contributed by atoms with E-state index in [9.17, 15) is 5.21 Å². The van der Waals surface area contributed by atoms with Crippen LogP contribution >= 0.6 is 0 Å². The van der Waals surface area contributed by atoms with Gasteiger partial charge in [-0.05, 0) is 0 Å². The summed E-state index contributed by atoms with van der Waals surface area (Å²) in [6.45, 7) is 0. The van der Waals surface area contributed by atoms with Gasteiger partial charge in [-0.2, -0.15) is 0 Å². The Hall–Kier alpha value is 0.490. The molecule has 2 heterocycles. The molecule has 0 aromatic carbocycles. The maximum atomic E-state index is 12.0. The number of halogens is 1. The van der Waals surface area contributed by atoms with Gasteiger partial charge in [-0.25, -0.2) is 0 Å². The molecule has 6 nitrogen and oxygen atoms in total. The molecule has 0 amide bonds. The minimum atomic E-state index is -0.665. The van der Waals surface area contributed by atoms with Crippen LogP contribution in [0.5, 0.6) is 0 Å². The van der Waals surface area contributed by atoms with Crippen molar-refractivity contribution in [2.75, 3.05) is 0 Å². The summed E-state index contributed by atoms with van der Waals surface area (Å²) in [5.41, 5.74) is 0. The van der Waals surface area contributed by atoms with E-state index >= 15 is 0 Å². The van der Waals surface area contributed by atoms with Crippen LogP contribution in [0.2, 0.25) is 0 Å². The summed E-state index contributed by atoms with van der Waals surface area (Å²) in [5, 5.41) is 12.0. The number of hydrogen-bond acceptors (Lipinski definition) is 5. The number of ether oxygens (including phenoxy) is 2. The zero-order valence-corrected chi connectivity index (χ0v) is 12.9. The molecular formula is C12H20IN2O4-. The van der Waals surface area contributed by atoms with Crippen LogP contribution in [0, 0.1) is 5.21 Å². The second-order valence-corrected chi connectivity index (χ2v) is 7.53. The molecule has 0 spiro atoms. The van der Waals surface area contributed by atoms with Crippen molar-refractivity contribution in [3.8, 4) is 0 Å². The predicted molar refractivity (Wildman–Crippen MR) is 61.2 cm³/mol.